The number of ether oxygens (including phenoxy) is 2. The molecule has 5 nitrogen and oxygen atoms in total. The Labute approximate surface area is 295 Å². The SMILES string of the molecule is Clc1c(Cl)c(Cl)c2c(c1Cl)[O][Sb]13([O]2)[c]2c4cccc2Oc2cc5ccccc5c([c]21)N(c1ccccc1)c1[c]3c(cc2ccccc12)O4. The molecule has 10 heteroatoms. The van der Waals surface area contributed by atoms with Gasteiger partial charge in [0.05, 0.1) is 0 Å². The summed E-state index contributed by atoms with van der Waals surface area (Å²) in [6, 6.07) is 36.8. The van der Waals surface area contributed by atoms with Gasteiger partial charge in [-0.05, 0) is 0 Å². The summed E-state index contributed by atoms with van der Waals surface area (Å²) in [4.78, 5) is 2.30. The minimum absolute atomic E-state index is 0.0949. The van der Waals surface area contributed by atoms with Crippen molar-refractivity contribution in [3.05, 3.63) is 129 Å². The average Bonchev–Trinajstić information content (AvgIpc) is 3.46. The zero-order valence-corrected chi connectivity index (χ0v) is 30.0. The van der Waals surface area contributed by atoms with Crippen LogP contribution in [0, 0.1) is 0 Å². The molecule has 48 heavy (non-hydrogen) atoms. The minimum atomic E-state index is -5.98. The maximum atomic E-state index is 7.67. The summed E-state index contributed by atoms with van der Waals surface area (Å²) in [5.41, 5.74) is 2.74. The van der Waals surface area contributed by atoms with E-state index in [1.165, 1.54) is 0 Å². The van der Waals surface area contributed by atoms with E-state index < -0.39 is 18.2 Å². The summed E-state index contributed by atoms with van der Waals surface area (Å²) < 4.78 is 31.5. The predicted octanol–water partition coefficient (Wildman–Crippen LogP) is 10.5. The van der Waals surface area contributed by atoms with Crippen LogP contribution in [-0.4, -0.2) is 18.2 Å². The molecule has 7 aromatic rings. The van der Waals surface area contributed by atoms with Crippen molar-refractivity contribution in [1.29, 1.82) is 0 Å². The second kappa shape index (κ2) is 9.18. The van der Waals surface area contributed by atoms with E-state index in [2.05, 4.69) is 53.4 Å². The van der Waals surface area contributed by atoms with Crippen molar-refractivity contribution < 1.29 is 15.5 Å². The van der Waals surface area contributed by atoms with Crippen LogP contribution in [0.1, 0.15) is 0 Å². The molecule has 0 aromatic heterocycles. The molecule has 0 radical (unpaired) electrons. The van der Waals surface area contributed by atoms with Crippen molar-refractivity contribution in [1.82, 2.24) is 0 Å². The van der Waals surface area contributed by atoms with Crippen LogP contribution in [0.5, 0.6) is 34.5 Å². The van der Waals surface area contributed by atoms with Crippen LogP contribution < -0.4 is 30.9 Å². The van der Waals surface area contributed by atoms with Crippen LogP contribution in [0.15, 0.2) is 109 Å². The average molecular weight is 816 g/mol. The molecule has 0 saturated heterocycles. The molecule has 0 fully saturated rings. The first kappa shape index (κ1) is 27.9. The van der Waals surface area contributed by atoms with Gasteiger partial charge in [-0.25, -0.2) is 0 Å². The van der Waals surface area contributed by atoms with Crippen LogP contribution >= 0.6 is 46.4 Å². The Morgan fingerprint density at radius 3 is 1.46 bits per heavy atom. The van der Waals surface area contributed by atoms with Crippen molar-refractivity contribution in [3.8, 4) is 34.5 Å². The van der Waals surface area contributed by atoms with E-state index in [-0.39, 0.29) is 31.6 Å². The van der Waals surface area contributed by atoms with Crippen LogP contribution in [0.3, 0.4) is 0 Å². The number of halogens is 4. The van der Waals surface area contributed by atoms with E-state index in [9.17, 15) is 0 Å². The zero-order valence-electron chi connectivity index (χ0n) is 24.4. The Morgan fingerprint density at radius 2 is 0.938 bits per heavy atom. The number of fused-ring (bicyclic) bond motifs is 5. The summed E-state index contributed by atoms with van der Waals surface area (Å²) in [5, 5.41) is 4.44. The molecular formula is C38H18Cl4NO4Sb. The molecule has 4 aliphatic rings. The fourth-order valence-electron chi connectivity index (χ4n) is 7.96. The molecule has 0 saturated carbocycles. The molecule has 4 heterocycles. The number of nitrogens with zero attached hydrogens (tertiary/aromatic N) is 1. The Bertz CT molecular complexity index is 2510. The zero-order chi connectivity index (χ0) is 32.1. The van der Waals surface area contributed by atoms with Gasteiger partial charge >= 0.3 is 298 Å². The molecule has 232 valence electrons. The molecule has 11 rings (SSSR count). The first-order valence-electron chi connectivity index (χ1n) is 15.2. The van der Waals surface area contributed by atoms with E-state index in [1.54, 1.807) is 0 Å². The Hall–Kier alpha value is -3.96. The van der Waals surface area contributed by atoms with Crippen molar-refractivity contribution >= 4 is 114 Å². The molecule has 1 spiro atoms. The second-order valence-corrected chi connectivity index (χ2v) is 24.0. The third-order valence-corrected chi connectivity index (χ3v) is 25.2. The normalized spacial score (nSPS) is 17.0. The molecule has 7 aromatic carbocycles. The van der Waals surface area contributed by atoms with Gasteiger partial charge in [0.1, 0.15) is 0 Å². The van der Waals surface area contributed by atoms with E-state index in [0.717, 1.165) is 49.1 Å². The third kappa shape index (κ3) is 3.06. The topological polar surface area (TPSA) is 40.2 Å². The molecule has 4 aliphatic heterocycles. The maximum absolute atomic E-state index is 7.67. The van der Waals surface area contributed by atoms with Crippen LogP contribution in [0.4, 0.5) is 17.1 Å². The number of para-hydroxylation sites is 1. The monoisotopic (exact) mass is 813 g/mol. The third-order valence-electron chi connectivity index (χ3n) is 9.72. The van der Waals surface area contributed by atoms with E-state index >= 15 is 0 Å². The molecule has 0 aliphatic carbocycles. The first-order chi connectivity index (χ1) is 23.4. The molecule has 0 unspecified atom stereocenters. The van der Waals surface area contributed by atoms with E-state index in [1.807, 2.05) is 60.7 Å². The summed E-state index contributed by atoms with van der Waals surface area (Å²) in [5.74, 6) is 2.92. The van der Waals surface area contributed by atoms with Gasteiger partial charge in [0.15, 0.2) is 0 Å². The number of anilines is 3. The standard InChI is InChI=1S/C32H18NO2.C6H2Cl4O2.Sb/c1-2-11-24(12-3-1)33-31-20-27(17-22-9-4-6-15-29(22)31)34-25-13-8-14-26(19-25)35-28-18-23-10-5-7-16-30(23)32(33)21-28;7-1-2(8)4(10)6(12)5(11)3(1)9;/h1-18H;11-12H;/q;;+2/p-2. The summed E-state index contributed by atoms with van der Waals surface area (Å²) in [6.45, 7) is 0. The van der Waals surface area contributed by atoms with Gasteiger partial charge in [0.25, 0.3) is 0 Å². The number of rotatable bonds is 1. The van der Waals surface area contributed by atoms with E-state index in [4.69, 9.17) is 61.9 Å². The fraction of sp³-hybridized carbons (Fsp3) is 0. The van der Waals surface area contributed by atoms with Crippen LogP contribution in [0.2, 0.25) is 20.1 Å². The molecule has 0 bridgehead atoms. The Balaban J connectivity index is 1.46. The second-order valence-electron chi connectivity index (χ2n) is 12.1. The van der Waals surface area contributed by atoms with Gasteiger partial charge < -0.3 is 0 Å². The number of hydrogen-bond donors (Lipinski definition) is 0. The molecule has 0 atom stereocenters. The van der Waals surface area contributed by atoms with Gasteiger partial charge in [0, 0.05) is 0 Å². The molecule has 0 N–H and O–H groups in total. The van der Waals surface area contributed by atoms with Gasteiger partial charge in [-0.1, -0.05) is 0 Å². The Kier molecular flexibility index (Phi) is 5.34. The molecular weight excluding hydrogens is 798 g/mol. The summed E-state index contributed by atoms with van der Waals surface area (Å²) >= 11 is 21.5. The summed E-state index contributed by atoms with van der Waals surface area (Å²) in [6.07, 6.45) is 0. The van der Waals surface area contributed by atoms with Crippen molar-refractivity contribution in [2.75, 3.05) is 4.90 Å². The molecule has 0 amide bonds. The van der Waals surface area contributed by atoms with Crippen molar-refractivity contribution in [2.45, 2.75) is 0 Å². The fourth-order valence-corrected chi connectivity index (χ4v) is 25.1. The van der Waals surface area contributed by atoms with Gasteiger partial charge in [0.2, 0.25) is 0 Å². The summed E-state index contributed by atoms with van der Waals surface area (Å²) in [7, 11) is 0. The first-order valence-corrected chi connectivity index (χ1v) is 22.6. The van der Waals surface area contributed by atoms with E-state index in [0.29, 0.717) is 23.0 Å². The van der Waals surface area contributed by atoms with Crippen molar-refractivity contribution in [3.63, 3.8) is 0 Å². The van der Waals surface area contributed by atoms with Crippen LogP contribution in [-0.2, 0) is 0 Å². The number of hydrogen-bond acceptors (Lipinski definition) is 5. The van der Waals surface area contributed by atoms with Gasteiger partial charge in [-0.15, -0.1) is 0 Å². The number of benzene rings is 7. The Morgan fingerprint density at radius 1 is 0.458 bits per heavy atom. The predicted molar refractivity (Wildman–Crippen MR) is 195 cm³/mol. The quantitative estimate of drug-likeness (QED) is 0.0938. The van der Waals surface area contributed by atoms with Gasteiger partial charge in [-0.3, -0.25) is 0 Å². The van der Waals surface area contributed by atoms with Gasteiger partial charge in [-0.2, -0.15) is 0 Å². The van der Waals surface area contributed by atoms with Crippen molar-refractivity contribution in [2.24, 2.45) is 0 Å². The van der Waals surface area contributed by atoms with Crippen LogP contribution in [0.25, 0.3) is 21.5 Å².